The normalized spacial score (nSPS) is 18.4. The van der Waals surface area contributed by atoms with Crippen molar-refractivity contribution in [2.75, 3.05) is 6.61 Å². The molecule has 0 saturated carbocycles. The molecule has 0 radical (unpaired) electrons. The van der Waals surface area contributed by atoms with Gasteiger partial charge in [-0.05, 0) is 43.8 Å². The van der Waals surface area contributed by atoms with Crippen LogP contribution in [0.1, 0.15) is 18.7 Å². The number of halogens is 1. The minimum absolute atomic E-state index is 0.197. The number of amides is 2. The third-order valence-corrected chi connectivity index (χ3v) is 4.77. The summed E-state index contributed by atoms with van der Waals surface area (Å²) in [6.07, 6.45) is 1.60. The van der Waals surface area contributed by atoms with Crippen LogP contribution in [0.15, 0.2) is 17.0 Å². The highest BCUT2D eigenvalue weighted by Crippen LogP contribution is 2.35. The molecule has 112 valence electrons. The molecule has 1 aliphatic heterocycles. The Bertz CT molecular complexity index is 625. The monoisotopic (exact) mass is 345 g/mol. The first-order valence-corrected chi connectivity index (χ1v) is 8.14. The van der Waals surface area contributed by atoms with E-state index >= 15 is 0 Å². The van der Waals surface area contributed by atoms with Crippen molar-refractivity contribution < 1.29 is 19.1 Å². The Balaban J connectivity index is 2.20. The van der Waals surface area contributed by atoms with E-state index in [0.29, 0.717) is 4.34 Å². The molecule has 1 fully saturated rings. The van der Waals surface area contributed by atoms with Crippen LogP contribution in [-0.4, -0.2) is 34.7 Å². The lowest BCUT2D eigenvalue weighted by Crippen LogP contribution is -2.42. The maximum atomic E-state index is 12.3. The molecular weight excluding hydrogens is 334 g/mol. The van der Waals surface area contributed by atoms with E-state index in [9.17, 15) is 14.4 Å². The molecule has 0 bridgehead atoms. The van der Waals surface area contributed by atoms with Crippen molar-refractivity contribution in [1.82, 2.24) is 4.90 Å². The average Bonchev–Trinajstić information content (AvgIpc) is 2.94. The van der Waals surface area contributed by atoms with Gasteiger partial charge in [-0.2, -0.15) is 0 Å². The molecule has 0 N–H and O–H groups in total. The van der Waals surface area contributed by atoms with Crippen LogP contribution in [0.5, 0.6) is 0 Å². The Morgan fingerprint density at radius 1 is 1.48 bits per heavy atom. The number of ether oxygens (including phenoxy) is 1. The Kier molecular flexibility index (Phi) is 5.08. The van der Waals surface area contributed by atoms with Crippen LogP contribution in [0.25, 0.3) is 6.08 Å². The molecule has 2 amide bonds. The largest absolute Gasteiger partial charge is 0.464 e. The first-order chi connectivity index (χ1) is 9.93. The van der Waals surface area contributed by atoms with Crippen LogP contribution in [0.3, 0.4) is 0 Å². The SMILES string of the molecule is CCOC(=O)[C@@H](C)N1C(=O)S/C(=C/c2ccc(Cl)s2)C1=O. The Hall–Kier alpha value is -1.31. The summed E-state index contributed by atoms with van der Waals surface area (Å²) in [5.74, 6) is -1.09. The summed E-state index contributed by atoms with van der Waals surface area (Å²) in [6, 6.07) is 2.54. The fourth-order valence-corrected chi connectivity index (χ4v) is 3.70. The zero-order chi connectivity index (χ0) is 15.6. The summed E-state index contributed by atoms with van der Waals surface area (Å²) in [5, 5.41) is -0.477. The number of thiophene rings is 1. The minimum atomic E-state index is -0.935. The van der Waals surface area contributed by atoms with Crippen LogP contribution in [0.4, 0.5) is 4.79 Å². The van der Waals surface area contributed by atoms with Gasteiger partial charge >= 0.3 is 5.97 Å². The molecule has 1 saturated heterocycles. The summed E-state index contributed by atoms with van der Waals surface area (Å²) < 4.78 is 5.44. The van der Waals surface area contributed by atoms with Gasteiger partial charge in [0, 0.05) is 4.88 Å². The molecule has 2 heterocycles. The van der Waals surface area contributed by atoms with Crippen molar-refractivity contribution in [2.24, 2.45) is 0 Å². The predicted molar refractivity (Wildman–Crippen MR) is 83.2 cm³/mol. The van der Waals surface area contributed by atoms with E-state index in [2.05, 4.69) is 0 Å². The molecule has 1 atom stereocenters. The topological polar surface area (TPSA) is 63.7 Å². The van der Waals surface area contributed by atoms with Gasteiger partial charge in [-0.25, -0.2) is 4.79 Å². The number of rotatable bonds is 4. The fourth-order valence-electron chi connectivity index (χ4n) is 1.72. The molecule has 8 heteroatoms. The van der Waals surface area contributed by atoms with Crippen molar-refractivity contribution in [3.05, 3.63) is 26.3 Å². The molecule has 1 aliphatic rings. The van der Waals surface area contributed by atoms with E-state index in [1.807, 2.05) is 0 Å². The van der Waals surface area contributed by atoms with E-state index in [4.69, 9.17) is 16.3 Å². The maximum Gasteiger partial charge on any atom is 0.329 e. The van der Waals surface area contributed by atoms with E-state index in [-0.39, 0.29) is 11.5 Å². The van der Waals surface area contributed by atoms with Gasteiger partial charge in [0.15, 0.2) is 0 Å². The quantitative estimate of drug-likeness (QED) is 0.618. The Labute approximate surface area is 134 Å². The van der Waals surface area contributed by atoms with Crippen LogP contribution >= 0.6 is 34.7 Å². The van der Waals surface area contributed by atoms with Crippen LogP contribution in [0.2, 0.25) is 4.34 Å². The Morgan fingerprint density at radius 3 is 2.76 bits per heavy atom. The number of carbonyl (C=O) groups is 3. The predicted octanol–water partition coefficient (Wildman–Crippen LogP) is 3.39. The second-order valence-corrected chi connectivity index (χ2v) is 6.86. The molecule has 21 heavy (non-hydrogen) atoms. The van der Waals surface area contributed by atoms with E-state index in [1.165, 1.54) is 18.3 Å². The van der Waals surface area contributed by atoms with Crippen LogP contribution < -0.4 is 0 Å². The van der Waals surface area contributed by atoms with E-state index in [0.717, 1.165) is 21.5 Å². The summed E-state index contributed by atoms with van der Waals surface area (Å²) >= 11 is 7.93. The van der Waals surface area contributed by atoms with Gasteiger partial charge in [0.25, 0.3) is 11.1 Å². The van der Waals surface area contributed by atoms with Gasteiger partial charge in [0.2, 0.25) is 0 Å². The third-order valence-electron chi connectivity index (χ3n) is 2.71. The van der Waals surface area contributed by atoms with Gasteiger partial charge in [-0.15, -0.1) is 11.3 Å². The van der Waals surface area contributed by atoms with Gasteiger partial charge < -0.3 is 4.74 Å². The van der Waals surface area contributed by atoms with Gasteiger partial charge in [0.1, 0.15) is 6.04 Å². The molecule has 0 unspecified atom stereocenters. The first kappa shape index (κ1) is 16.1. The lowest BCUT2D eigenvalue weighted by molar-refractivity contribution is -0.150. The maximum absolute atomic E-state index is 12.3. The average molecular weight is 346 g/mol. The van der Waals surface area contributed by atoms with E-state index < -0.39 is 23.2 Å². The van der Waals surface area contributed by atoms with Crippen molar-refractivity contribution in [3.63, 3.8) is 0 Å². The molecule has 0 aliphatic carbocycles. The summed E-state index contributed by atoms with van der Waals surface area (Å²) in [4.78, 5) is 37.8. The van der Waals surface area contributed by atoms with E-state index in [1.54, 1.807) is 25.1 Å². The van der Waals surface area contributed by atoms with Crippen molar-refractivity contribution in [3.8, 4) is 0 Å². The zero-order valence-electron chi connectivity index (χ0n) is 11.3. The minimum Gasteiger partial charge on any atom is -0.464 e. The van der Waals surface area contributed by atoms with Crippen molar-refractivity contribution >= 4 is 57.9 Å². The number of esters is 1. The second kappa shape index (κ2) is 6.64. The zero-order valence-corrected chi connectivity index (χ0v) is 13.7. The highest BCUT2D eigenvalue weighted by atomic mass is 35.5. The fraction of sp³-hybridized carbons (Fsp3) is 0.308. The van der Waals surface area contributed by atoms with Crippen LogP contribution in [-0.2, 0) is 14.3 Å². The van der Waals surface area contributed by atoms with Crippen molar-refractivity contribution in [1.29, 1.82) is 0 Å². The number of hydrogen-bond acceptors (Lipinski definition) is 6. The molecule has 1 aromatic heterocycles. The highest BCUT2D eigenvalue weighted by molar-refractivity contribution is 8.18. The van der Waals surface area contributed by atoms with Crippen LogP contribution in [0, 0.1) is 0 Å². The number of imide groups is 1. The number of thioether (sulfide) groups is 1. The highest BCUT2D eigenvalue weighted by Gasteiger charge is 2.41. The number of hydrogen-bond donors (Lipinski definition) is 0. The molecule has 0 spiro atoms. The third kappa shape index (κ3) is 3.48. The lowest BCUT2D eigenvalue weighted by atomic mass is 10.3. The first-order valence-electron chi connectivity index (χ1n) is 6.13. The molecule has 1 aromatic rings. The lowest BCUT2D eigenvalue weighted by Gasteiger charge is -2.19. The standard InChI is InChI=1S/C13H12ClNO4S2/c1-3-19-12(17)7(2)15-11(16)9(21-13(15)18)6-8-4-5-10(14)20-8/h4-7H,3H2,1-2H3/b9-6+/t7-/m1/s1. The van der Waals surface area contributed by atoms with Gasteiger partial charge in [-0.3, -0.25) is 14.5 Å². The summed E-state index contributed by atoms with van der Waals surface area (Å²) in [6.45, 7) is 3.33. The number of nitrogens with zero attached hydrogens (tertiary/aromatic N) is 1. The second-order valence-electron chi connectivity index (χ2n) is 4.12. The summed E-state index contributed by atoms with van der Waals surface area (Å²) in [7, 11) is 0. The van der Waals surface area contributed by atoms with Crippen molar-refractivity contribution in [2.45, 2.75) is 19.9 Å². The van der Waals surface area contributed by atoms with Gasteiger partial charge in [0.05, 0.1) is 15.8 Å². The molecule has 0 aromatic carbocycles. The molecular formula is C13H12ClNO4S2. The number of carbonyl (C=O) groups excluding carboxylic acids is 3. The smallest absolute Gasteiger partial charge is 0.329 e. The Morgan fingerprint density at radius 2 is 2.19 bits per heavy atom. The van der Waals surface area contributed by atoms with Gasteiger partial charge in [-0.1, -0.05) is 11.6 Å². The molecule has 5 nitrogen and oxygen atoms in total. The molecule has 2 rings (SSSR count). The summed E-state index contributed by atoms with van der Waals surface area (Å²) in [5.41, 5.74) is 0.